The molecular formula is C20H17F3N4O3. The third-order valence-corrected chi connectivity index (χ3v) is 5.28. The molecule has 10 heteroatoms. The van der Waals surface area contributed by atoms with Gasteiger partial charge in [0.2, 0.25) is 11.8 Å². The number of benzene rings is 1. The third-order valence-electron chi connectivity index (χ3n) is 5.28. The highest BCUT2D eigenvalue weighted by molar-refractivity contribution is 6.15. The van der Waals surface area contributed by atoms with Crippen LogP contribution in [0, 0.1) is 11.3 Å². The van der Waals surface area contributed by atoms with Crippen molar-refractivity contribution in [2.45, 2.75) is 44.5 Å². The van der Waals surface area contributed by atoms with E-state index in [0.29, 0.717) is 0 Å². The van der Waals surface area contributed by atoms with Gasteiger partial charge in [-0.05, 0) is 39.0 Å². The van der Waals surface area contributed by atoms with Crippen molar-refractivity contribution in [2.75, 3.05) is 10.6 Å². The van der Waals surface area contributed by atoms with Crippen LogP contribution in [0.5, 0.6) is 5.75 Å². The molecule has 2 amide bonds. The molecule has 2 aliphatic rings. The second-order valence-electron chi connectivity index (χ2n) is 8.26. The van der Waals surface area contributed by atoms with Crippen LogP contribution in [0.4, 0.5) is 24.7 Å². The molecule has 1 aromatic heterocycles. The van der Waals surface area contributed by atoms with E-state index in [0.717, 1.165) is 12.1 Å². The van der Waals surface area contributed by atoms with Crippen molar-refractivity contribution in [2.24, 2.45) is 0 Å². The Hall–Kier alpha value is -3.48. The first-order chi connectivity index (χ1) is 13.9. The standard InChI is InChI=1S/C20H17F3N4O3/c1-18(2,3)27-9-10(8-24)15-16(27)26-14(28)7-19(15)12-6-11(30-20(21,22)23)4-5-13(12)25-17(19)29/h4-6,9H,7H2,1-3H3,(H,25,29)(H,26,28)/t19-/m0/s1. The molecule has 2 aromatic rings. The van der Waals surface area contributed by atoms with Crippen molar-refractivity contribution >= 4 is 23.3 Å². The van der Waals surface area contributed by atoms with Crippen LogP contribution >= 0.6 is 0 Å². The van der Waals surface area contributed by atoms with E-state index in [9.17, 15) is 28.0 Å². The van der Waals surface area contributed by atoms with Crippen molar-refractivity contribution in [3.63, 3.8) is 0 Å². The second kappa shape index (κ2) is 6.01. The number of nitrogens with zero attached hydrogens (tertiary/aromatic N) is 2. The van der Waals surface area contributed by atoms with E-state index in [4.69, 9.17) is 0 Å². The van der Waals surface area contributed by atoms with Gasteiger partial charge in [-0.15, -0.1) is 13.2 Å². The number of nitriles is 1. The fraction of sp³-hybridized carbons (Fsp3) is 0.350. The van der Waals surface area contributed by atoms with Gasteiger partial charge in [-0.3, -0.25) is 9.59 Å². The molecule has 0 saturated carbocycles. The molecule has 30 heavy (non-hydrogen) atoms. The quantitative estimate of drug-likeness (QED) is 0.740. The average molecular weight is 418 g/mol. The molecule has 1 atom stereocenters. The number of rotatable bonds is 1. The lowest BCUT2D eigenvalue weighted by Crippen LogP contribution is -2.44. The minimum Gasteiger partial charge on any atom is -0.406 e. The van der Waals surface area contributed by atoms with Gasteiger partial charge < -0.3 is 19.9 Å². The highest BCUT2D eigenvalue weighted by Crippen LogP contribution is 2.53. The van der Waals surface area contributed by atoms with Gasteiger partial charge in [0.15, 0.2) is 0 Å². The first kappa shape index (κ1) is 19.8. The van der Waals surface area contributed by atoms with E-state index >= 15 is 0 Å². The van der Waals surface area contributed by atoms with Crippen LogP contribution < -0.4 is 15.4 Å². The number of fused-ring (bicyclic) bond motifs is 4. The fourth-order valence-corrected chi connectivity index (χ4v) is 4.14. The van der Waals surface area contributed by atoms with E-state index < -0.39 is 34.9 Å². The molecule has 3 heterocycles. The normalized spacial score (nSPS) is 20.3. The lowest BCUT2D eigenvalue weighted by molar-refractivity contribution is -0.274. The molecule has 156 valence electrons. The molecule has 7 nitrogen and oxygen atoms in total. The summed E-state index contributed by atoms with van der Waals surface area (Å²) in [6, 6.07) is 5.53. The van der Waals surface area contributed by atoms with Gasteiger partial charge in [-0.25, -0.2) is 0 Å². The van der Waals surface area contributed by atoms with Gasteiger partial charge >= 0.3 is 6.36 Å². The molecule has 1 aromatic carbocycles. The van der Waals surface area contributed by atoms with Gasteiger partial charge in [0.1, 0.15) is 23.1 Å². The predicted octanol–water partition coefficient (Wildman–Crippen LogP) is 3.59. The van der Waals surface area contributed by atoms with Gasteiger partial charge in [-0.1, -0.05) is 0 Å². The largest absolute Gasteiger partial charge is 0.573 e. The Bertz CT molecular complexity index is 1140. The number of carbonyl (C=O) groups is 2. The molecule has 2 aliphatic heterocycles. The lowest BCUT2D eigenvalue weighted by atomic mass is 9.70. The van der Waals surface area contributed by atoms with Crippen LogP contribution in [0.2, 0.25) is 0 Å². The van der Waals surface area contributed by atoms with Crippen molar-refractivity contribution in [1.82, 2.24) is 4.57 Å². The molecule has 0 fully saturated rings. The Labute approximate surface area is 169 Å². The molecule has 0 aliphatic carbocycles. The van der Waals surface area contributed by atoms with Crippen LogP contribution in [-0.4, -0.2) is 22.7 Å². The molecule has 1 spiro atoms. The zero-order valence-corrected chi connectivity index (χ0v) is 16.3. The second-order valence-corrected chi connectivity index (χ2v) is 8.26. The number of ether oxygens (including phenoxy) is 1. The number of amides is 2. The number of alkyl halides is 3. The summed E-state index contributed by atoms with van der Waals surface area (Å²) in [5, 5.41) is 15.1. The number of carbonyl (C=O) groups excluding carboxylic acids is 2. The summed E-state index contributed by atoms with van der Waals surface area (Å²) in [6.07, 6.45) is -3.73. The zero-order chi connectivity index (χ0) is 22.1. The Kier molecular flexibility index (Phi) is 3.97. The summed E-state index contributed by atoms with van der Waals surface area (Å²) in [6.45, 7) is 5.58. The summed E-state index contributed by atoms with van der Waals surface area (Å²) < 4.78 is 43.9. The predicted molar refractivity (Wildman–Crippen MR) is 99.9 cm³/mol. The summed E-state index contributed by atoms with van der Waals surface area (Å²) in [4.78, 5) is 25.8. The maximum absolute atomic E-state index is 13.2. The zero-order valence-electron chi connectivity index (χ0n) is 16.3. The van der Waals surface area contributed by atoms with Crippen LogP contribution in [0.1, 0.15) is 43.9 Å². The average Bonchev–Trinajstić information content (AvgIpc) is 3.10. The van der Waals surface area contributed by atoms with Crippen molar-refractivity contribution in [3.8, 4) is 11.8 Å². The number of nitrogens with one attached hydrogen (secondary N) is 2. The number of hydrogen-bond donors (Lipinski definition) is 2. The van der Waals surface area contributed by atoms with E-state index in [1.165, 1.54) is 6.07 Å². The monoisotopic (exact) mass is 418 g/mol. The minimum atomic E-state index is -4.92. The van der Waals surface area contributed by atoms with Gasteiger partial charge in [0, 0.05) is 35.0 Å². The van der Waals surface area contributed by atoms with Crippen molar-refractivity contribution in [3.05, 3.63) is 41.1 Å². The molecular weight excluding hydrogens is 401 g/mol. The Morgan fingerprint density at radius 3 is 2.50 bits per heavy atom. The summed E-state index contributed by atoms with van der Waals surface area (Å²) >= 11 is 0. The minimum absolute atomic E-state index is 0.157. The number of hydrogen-bond acceptors (Lipinski definition) is 4. The first-order valence-corrected chi connectivity index (χ1v) is 9.05. The van der Waals surface area contributed by atoms with E-state index in [2.05, 4.69) is 21.4 Å². The van der Waals surface area contributed by atoms with E-state index in [1.807, 2.05) is 20.8 Å². The Morgan fingerprint density at radius 2 is 1.90 bits per heavy atom. The van der Waals surface area contributed by atoms with Gasteiger partial charge in [-0.2, -0.15) is 5.26 Å². The molecule has 2 N–H and O–H groups in total. The van der Waals surface area contributed by atoms with E-state index in [-0.39, 0.29) is 34.6 Å². The summed E-state index contributed by atoms with van der Waals surface area (Å²) in [5.74, 6) is -1.31. The fourth-order valence-electron chi connectivity index (χ4n) is 4.14. The van der Waals surface area contributed by atoms with E-state index in [1.54, 1.807) is 10.8 Å². The Morgan fingerprint density at radius 1 is 1.20 bits per heavy atom. The van der Waals surface area contributed by atoms with Gasteiger partial charge in [0.25, 0.3) is 0 Å². The first-order valence-electron chi connectivity index (χ1n) is 9.05. The molecule has 0 unspecified atom stereocenters. The summed E-state index contributed by atoms with van der Waals surface area (Å²) in [7, 11) is 0. The van der Waals surface area contributed by atoms with Crippen LogP contribution in [0.15, 0.2) is 24.4 Å². The molecule has 0 bridgehead atoms. The van der Waals surface area contributed by atoms with Crippen LogP contribution in [0.3, 0.4) is 0 Å². The van der Waals surface area contributed by atoms with Crippen molar-refractivity contribution in [1.29, 1.82) is 5.26 Å². The number of aromatic nitrogens is 1. The van der Waals surface area contributed by atoms with Crippen LogP contribution in [-0.2, 0) is 20.5 Å². The highest BCUT2D eigenvalue weighted by atomic mass is 19.4. The topological polar surface area (TPSA) is 96.2 Å². The highest BCUT2D eigenvalue weighted by Gasteiger charge is 2.56. The van der Waals surface area contributed by atoms with Crippen LogP contribution in [0.25, 0.3) is 0 Å². The molecule has 0 radical (unpaired) electrons. The maximum atomic E-state index is 13.2. The summed E-state index contributed by atoms with van der Waals surface area (Å²) in [5.41, 5.74) is -1.33. The third kappa shape index (κ3) is 2.81. The molecule has 0 saturated heterocycles. The van der Waals surface area contributed by atoms with Crippen molar-refractivity contribution < 1.29 is 27.5 Å². The Balaban J connectivity index is 2.01. The SMILES string of the molecule is CC(C)(C)n1cc(C#N)c2c1NC(=O)C[C@@]21C(=O)Nc2ccc(OC(F)(F)F)cc21. The maximum Gasteiger partial charge on any atom is 0.573 e. The van der Waals surface area contributed by atoms with Gasteiger partial charge in [0.05, 0.1) is 5.56 Å². The molecule has 4 rings (SSSR count). The number of halogens is 3. The lowest BCUT2D eigenvalue weighted by Gasteiger charge is -2.34. The number of anilines is 2. The smallest absolute Gasteiger partial charge is 0.406 e.